The van der Waals surface area contributed by atoms with E-state index in [1.54, 1.807) is 29.6 Å². The number of nitrogens with one attached hydrogen (secondary N) is 1. The zero-order valence-corrected chi connectivity index (χ0v) is 19.9. The van der Waals surface area contributed by atoms with Gasteiger partial charge in [0.2, 0.25) is 10.0 Å². The summed E-state index contributed by atoms with van der Waals surface area (Å²) in [4.78, 5) is 0.0970. The fraction of sp³-hybridized carbons (Fsp3) is 0.500. The number of nitrogens with zero attached hydrogens (tertiary/aromatic N) is 1. The average molecular weight is 473 g/mol. The Morgan fingerprint density at radius 2 is 1.90 bits per heavy atom. The third-order valence-corrected chi connectivity index (χ3v) is 10.3. The lowest BCUT2D eigenvalue weighted by molar-refractivity contribution is 0.242. The molecule has 1 saturated heterocycles. The number of aryl methyl sites for hydroxylation is 2. The van der Waals surface area contributed by atoms with Crippen LogP contribution in [0.3, 0.4) is 0 Å². The molecule has 1 aliphatic rings. The topological polar surface area (TPSA) is 92.8 Å². The molecule has 0 bridgehead atoms. The Balaban J connectivity index is 1.72. The van der Waals surface area contributed by atoms with E-state index in [0.29, 0.717) is 22.9 Å². The number of ether oxygens (including phenoxy) is 1. The van der Waals surface area contributed by atoms with Crippen LogP contribution in [0.1, 0.15) is 36.8 Å². The highest BCUT2D eigenvalue weighted by atomic mass is 32.2. The number of methoxy groups -OCH3 is 1. The predicted octanol–water partition coefficient (Wildman–Crippen LogP) is 3.29. The lowest BCUT2D eigenvalue weighted by Crippen LogP contribution is -2.44. The molecule has 2 aromatic rings. The molecule has 1 aliphatic heterocycles. The van der Waals surface area contributed by atoms with E-state index in [1.807, 2.05) is 13.8 Å². The van der Waals surface area contributed by atoms with Crippen molar-refractivity contribution < 1.29 is 21.6 Å². The van der Waals surface area contributed by atoms with Gasteiger partial charge in [-0.25, -0.2) is 21.6 Å². The molecule has 0 unspecified atom stereocenters. The van der Waals surface area contributed by atoms with Crippen LogP contribution in [0.25, 0.3) is 0 Å². The van der Waals surface area contributed by atoms with Crippen LogP contribution in [0.15, 0.2) is 38.8 Å². The van der Waals surface area contributed by atoms with Crippen LogP contribution in [0.5, 0.6) is 5.75 Å². The number of piperidine rings is 1. The Labute approximate surface area is 183 Å². The molecular formula is C20H28N2O5S3. The van der Waals surface area contributed by atoms with Crippen molar-refractivity contribution in [1.82, 2.24) is 9.03 Å². The molecule has 0 amide bonds. The molecule has 1 N–H and O–H groups in total. The normalized spacial score (nSPS) is 18.4. The van der Waals surface area contributed by atoms with E-state index in [0.717, 1.165) is 30.4 Å². The summed E-state index contributed by atoms with van der Waals surface area (Å²) in [5, 5.41) is 1.75. The van der Waals surface area contributed by atoms with Gasteiger partial charge < -0.3 is 4.74 Å². The molecule has 30 heavy (non-hydrogen) atoms. The first-order chi connectivity index (χ1) is 14.2. The maximum atomic E-state index is 13.0. The van der Waals surface area contributed by atoms with Crippen molar-refractivity contribution in [2.45, 2.75) is 54.7 Å². The minimum atomic E-state index is -3.78. The number of hydrogen-bond donors (Lipinski definition) is 1. The Morgan fingerprint density at radius 3 is 2.57 bits per heavy atom. The van der Waals surface area contributed by atoms with Gasteiger partial charge in [-0.2, -0.15) is 4.31 Å². The Hall–Kier alpha value is -1.46. The van der Waals surface area contributed by atoms with Crippen LogP contribution in [0.4, 0.5) is 0 Å². The van der Waals surface area contributed by atoms with Crippen molar-refractivity contribution in [3.63, 3.8) is 0 Å². The van der Waals surface area contributed by atoms with Gasteiger partial charge >= 0.3 is 0 Å². The molecule has 1 aromatic heterocycles. The van der Waals surface area contributed by atoms with E-state index in [9.17, 15) is 16.8 Å². The Kier molecular flexibility index (Phi) is 7.24. The number of benzene rings is 1. The van der Waals surface area contributed by atoms with Gasteiger partial charge in [-0.05, 0) is 67.8 Å². The van der Waals surface area contributed by atoms with Crippen molar-refractivity contribution in [3.05, 3.63) is 40.8 Å². The molecule has 1 fully saturated rings. The minimum Gasteiger partial charge on any atom is -0.495 e. The fourth-order valence-corrected chi connectivity index (χ4v) is 7.80. The molecule has 166 valence electrons. The van der Waals surface area contributed by atoms with Gasteiger partial charge in [-0.1, -0.05) is 12.5 Å². The molecular weight excluding hydrogens is 444 g/mol. The van der Waals surface area contributed by atoms with Crippen LogP contribution in [0.2, 0.25) is 0 Å². The largest absolute Gasteiger partial charge is 0.495 e. The predicted molar refractivity (Wildman–Crippen MR) is 118 cm³/mol. The molecule has 3 rings (SSSR count). The summed E-state index contributed by atoms with van der Waals surface area (Å²) in [6, 6.07) is 6.42. The van der Waals surface area contributed by atoms with Crippen LogP contribution in [-0.2, 0) is 20.0 Å². The van der Waals surface area contributed by atoms with E-state index in [-0.39, 0.29) is 17.5 Å². The fourth-order valence-electron chi connectivity index (χ4n) is 3.68. The SMILES string of the molecule is COc1cc(C)c(C)cc1S(=O)(=O)NCC[C@@H]1CCCCN1S(=O)(=O)c1cccs1. The van der Waals surface area contributed by atoms with Gasteiger partial charge in [-0.3, -0.25) is 0 Å². The average Bonchev–Trinajstić information content (AvgIpc) is 3.25. The monoisotopic (exact) mass is 472 g/mol. The summed E-state index contributed by atoms with van der Waals surface area (Å²) < 4.78 is 61.4. The lowest BCUT2D eigenvalue weighted by Gasteiger charge is -2.34. The van der Waals surface area contributed by atoms with Gasteiger partial charge in [0.1, 0.15) is 14.9 Å². The number of sulfonamides is 2. The molecule has 0 spiro atoms. The van der Waals surface area contributed by atoms with E-state index >= 15 is 0 Å². The van der Waals surface area contributed by atoms with E-state index < -0.39 is 20.0 Å². The highest BCUT2D eigenvalue weighted by Gasteiger charge is 2.34. The molecule has 0 aliphatic carbocycles. The molecule has 0 saturated carbocycles. The summed E-state index contributed by atoms with van der Waals surface area (Å²) >= 11 is 1.20. The van der Waals surface area contributed by atoms with Crippen LogP contribution >= 0.6 is 11.3 Å². The summed E-state index contributed by atoms with van der Waals surface area (Å²) in [5.74, 6) is 0.296. The highest BCUT2D eigenvalue weighted by molar-refractivity contribution is 7.91. The van der Waals surface area contributed by atoms with Crippen molar-refractivity contribution in [2.75, 3.05) is 20.2 Å². The highest BCUT2D eigenvalue weighted by Crippen LogP contribution is 2.30. The first-order valence-corrected chi connectivity index (χ1v) is 13.7. The Morgan fingerprint density at radius 1 is 1.17 bits per heavy atom. The first-order valence-electron chi connectivity index (χ1n) is 9.87. The van der Waals surface area contributed by atoms with Crippen molar-refractivity contribution in [2.24, 2.45) is 0 Å². The standard InChI is InChI=1S/C20H28N2O5S3/c1-15-13-18(27-3)19(14-16(15)2)29(23,24)21-10-9-17-7-4-5-11-22(17)30(25,26)20-8-6-12-28-20/h6,8,12-14,17,21H,4-5,7,9-11H2,1-3H3/t17-/m0/s1. The van der Waals surface area contributed by atoms with Crippen molar-refractivity contribution >= 4 is 31.4 Å². The van der Waals surface area contributed by atoms with Crippen LogP contribution < -0.4 is 9.46 Å². The Bertz CT molecular complexity index is 1080. The van der Waals surface area contributed by atoms with Crippen LogP contribution in [0, 0.1) is 13.8 Å². The van der Waals surface area contributed by atoms with Crippen molar-refractivity contribution in [3.8, 4) is 5.75 Å². The zero-order valence-electron chi connectivity index (χ0n) is 17.4. The molecule has 0 radical (unpaired) electrons. The number of thiophene rings is 1. The maximum Gasteiger partial charge on any atom is 0.252 e. The number of hydrogen-bond acceptors (Lipinski definition) is 6. The van der Waals surface area contributed by atoms with E-state index in [2.05, 4.69) is 4.72 Å². The molecule has 10 heteroatoms. The molecule has 2 heterocycles. The van der Waals surface area contributed by atoms with E-state index in [1.165, 1.54) is 22.8 Å². The third-order valence-electron chi connectivity index (χ3n) is 5.47. The minimum absolute atomic E-state index is 0.0970. The molecule has 1 atom stereocenters. The third kappa shape index (κ3) is 4.88. The van der Waals surface area contributed by atoms with Gasteiger partial charge in [0, 0.05) is 19.1 Å². The summed E-state index contributed by atoms with van der Waals surface area (Å²) in [7, 11) is -5.89. The molecule has 1 aromatic carbocycles. The molecule has 7 nitrogen and oxygen atoms in total. The second kappa shape index (κ2) is 9.35. The van der Waals surface area contributed by atoms with Gasteiger partial charge in [0.15, 0.2) is 0 Å². The second-order valence-electron chi connectivity index (χ2n) is 7.47. The van der Waals surface area contributed by atoms with E-state index in [4.69, 9.17) is 4.74 Å². The zero-order chi connectivity index (χ0) is 21.9. The maximum absolute atomic E-state index is 13.0. The number of rotatable bonds is 8. The summed E-state index contributed by atoms with van der Waals surface area (Å²) in [6.07, 6.45) is 2.88. The van der Waals surface area contributed by atoms with Gasteiger partial charge in [-0.15, -0.1) is 11.3 Å². The second-order valence-corrected chi connectivity index (χ2v) is 12.3. The quantitative estimate of drug-likeness (QED) is 0.636. The van der Waals surface area contributed by atoms with Crippen molar-refractivity contribution in [1.29, 1.82) is 0 Å². The summed E-state index contributed by atoms with van der Waals surface area (Å²) in [6.45, 7) is 4.36. The van der Waals surface area contributed by atoms with Gasteiger partial charge in [0.25, 0.3) is 10.0 Å². The first kappa shape index (κ1) is 23.2. The summed E-state index contributed by atoms with van der Waals surface area (Å²) in [5.41, 5.74) is 1.80. The van der Waals surface area contributed by atoms with Gasteiger partial charge in [0.05, 0.1) is 7.11 Å². The smallest absolute Gasteiger partial charge is 0.252 e. The lowest BCUT2D eigenvalue weighted by atomic mass is 10.0. The van der Waals surface area contributed by atoms with Crippen LogP contribution in [-0.4, -0.2) is 47.4 Å².